The van der Waals surface area contributed by atoms with Crippen LogP contribution in [0.15, 0.2) is 60.8 Å². The van der Waals surface area contributed by atoms with Crippen molar-refractivity contribution < 1.29 is 4.79 Å². The van der Waals surface area contributed by atoms with E-state index in [-0.39, 0.29) is 5.91 Å². The number of anilines is 1. The Balaban J connectivity index is 1.80. The first-order valence-corrected chi connectivity index (χ1v) is 8.19. The van der Waals surface area contributed by atoms with Gasteiger partial charge in [-0.05, 0) is 50.8 Å². The first kappa shape index (κ1) is 16.9. The third kappa shape index (κ3) is 3.95. The van der Waals surface area contributed by atoms with Gasteiger partial charge in [0, 0.05) is 12.2 Å². The molecule has 2 aromatic carbocycles. The zero-order valence-corrected chi connectivity index (χ0v) is 14.7. The third-order valence-corrected chi connectivity index (χ3v) is 3.94. The summed E-state index contributed by atoms with van der Waals surface area (Å²) >= 11 is 0. The molecule has 25 heavy (non-hydrogen) atoms. The fourth-order valence-corrected chi connectivity index (χ4v) is 2.77. The second-order valence-corrected chi connectivity index (χ2v) is 6.28. The fraction of sp³-hybridized carbons (Fsp3) is 0.200. The molecule has 0 radical (unpaired) electrons. The number of nitrogens with zero attached hydrogens (tertiary/aromatic N) is 3. The molecule has 0 aliphatic carbocycles. The van der Waals surface area contributed by atoms with Gasteiger partial charge in [0.05, 0.1) is 23.1 Å². The van der Waals surface area contributed by atoms with E-state index in [1.165, 1.54) is 0 Å². The number of carbonyl (C=O) groups is 1. The third-order valence-electron chi connectivity index (χ3n) is 3.94. The summed E-state index contributed by atoms with van der Waals surface area (Å²) in [6, 6.07) is 17.7. The van der Waals surface area contributed by atoms with Gasteiger partial charge in [-0.1, -0.05) is 30.3 Å². The Labute approximate surface area is 147 Å². The van der Waals surface area contributed by atoms with Gasteiger partial charge in [0.15, 0.2) is 0 Å². The molecule has 0 aliphatic heterocycles. The van der Waals surface area contributed by atoms with E-state index >= 15 is 0 Å². The number of carbonyl (C=O) groups excluding carboxylic acids is 1. The number of aromatic nitrogens is 2. The molecule has 1 amide bonds. The SMILES string of the molecule is Cc1c(C(=O)Nc2cccc(CN(C)C)c2)cnn1-c1ccccc1. The molecular weight excluding hydrogens is 312 g/mol. The lowest BCUT2D eigenvalue weighted by atomic mass is 10.1. The van der Waals surface area contributed by atoms with Crippen LogP contribution in [-0.2, 0) is 6.54 Å². The highest BCUT2D eigenvalue weighted by Gasteiger charge is 2.15. The van der Waals surface area contributed by atoms with Crippen molar-refractivity contribution in [2.75, 3.05) is 19.4 Å². The van der Waals surface area contributed by atoms with E-state index in [0.717, 1.165) is 29.2 Å². The Morgan fingerprint density at radius 2 is 1.88 bits per heavy atom. The Morgan fingerprint density at radius 3 is 2.60 bits per heavy atom. The summed E-state index contributed by atoms with van der Waals surface area (Å²) in [5.74, 6) is -0.151. The van der Waals surface area contributed by atoms with E-state index in [0.29, 0.717) is 5.56 Å². The van der Waals surface area contributed by atoms with Crippen LogP contribution >= 0.6 is 0 Å². The quantitative estimate of drug-likeness (QED) is 0.777. The van der Waals surface area contributed by atoms with E-state index < -0.39 is 0 Å². The molecule has 1 heterocycles. The fourth-order valence-electron chi connectivity index (χ4n) is 2.77. The van der Waals surface area contributed by atoms with Gasteiger partial charge in [0.1, 0.15) is 0 Å². The standard InChI is InChI=1S/C20H22N4O/c1-15-19(13-21-24(15)18-10-5-4-6-11-18)20(25)22-17-9-7-8-16(12-17)14-23(2)3/h4-13H,14H2,1-3H3,(H,22,25). The van der Waals surface area contributed by atoms with Crippen LogP contribution in [0.3, 0.4) is 0 Å². The highest BCUT2D eigenvalue weighted by atomic mass is 16.1. The lowest BCUT2D eigenvalue weighted by Crippen LogP contribution is -2.14. The average molecular weight is 334 g/mol. The Kier molecular flexibility index (Phi) is 4.95. The molecule has 0 saturated carbocycles. The maximum atomic E-state index is 12.6. The average Bonchev–Trinajstić information content (AvgIpc) is 2.97. The summed E-state index contributed by atoms with van der Waals surface area (Å²) in [6.45, 7) is 2.73. The Hall–Kier alpha value is -2.92. The van der Waals surface area contributed by atoms with Crippen LogP contribution in [0.25, 0.3) is 5.69 Å². The van der Waals surface area contributed by atoms with Crippen molar-refractivity contribution in [2.24, 2.45) is 0 Å². The number of hydrogen-bond donors (Lipinski definition) is 1. The summed E-state index contributed by atoms with van der Waals surface area (Å²) < 4.78 is 1.78. The number of nitrogens with one attached hydrogen (secondary N) is 1. The van der Waals surface area contributed by atoms with Crippen LogP contribution in [0.4, 0.5) is 5.69 Å². The lowest BCUT2D eigenvalue weighted by molar-refractivity contribution is 0.102. The van der Waals surface area contributed by atoms with Gasteiger partial charge < -0.3 is 10.2 Å². The predicted molar refractivity (Wildman–Crippen MR) is 100 cm³/mol. The number of benzene rings is 2. The van der Waals surface area contributed by atoms with Gasteiger partial charge in [-0.15, -0.1) is 0 Å². The number of rotatable bonds is 5. The highest BCUT2D eigenvalue weighted by Crippen LogP contribution is 2.17. The van der Waals surface area contributed by atoms with Crippen molar-refractivity contribution in [2.45, 2.75) is 13.5 Å². The topological polar surface area (TPSA) is 50.2 Å². The molecule has 3 aromatic rings. The van der Waals surface area contributed by atoms with Gasteiger partial charge in [-0.3, -0.25) is 4.79 Å². The monoisotopic (exact) mass is 334 g/mol. The largest absolute Gasteiger partial charge is 0.322 e. The highest BCUT2D eigenvalue weighted by molar-refractivity contribution is 6.05. The minimum Gasteiger partial charge on any atom is -0.322 e. The molecule has 1 aromatic heterocycles. The van der Waals surface area contributed by atoms with Crippen LogP contribution in [-0.4, -0.2) is 34.7 Å². The van der Waals surface area contributed by atoms with Crippen LogP contribution in [0.2, 0.25) is 0 Å². The second kappa shape index (κ2) is 7.32. The number of amides is 1. The lowest BCUT2D eigenvalue weighted by Gasteiger charge is -2.11. The number of para-hydroxylation sites is 1. The van der Waals surface area contributed by atoms with Crippen LogP contribution in [0.5, 0.6) is 0 Å². The second-order valence-electron chi connectivity index (χ2n) is 6.28. The molecule has 0 bridgehead atoms. The van der Waals surface area contributed by atoms with E-state index in [1.807, 2.05) is 75.6 Å². The molecule has 0 spiro atoms. The number of hydrogen-bond acceptors (Lipinski definition) is 3. The summed E-state index contributed by atoms with van der Waals surface area (Å²) in [4.78, 5) is 14.7. The van der Waals surface area contributed by atoms with Gasteiger partial charge in [-0.2, -0.15) is 5.10 Å². The predicted octanol–water partition coefficient (Wildman–Crippen LogP) is 3.49. The van der Waals surface area contributed by atoms with Crippen molar-refractivity contribution in [1.29, 1.82) is 0 Å². The first-order valence-electron chi connectivity index (χ1n) is 8.19. The molecule has 0 aliphatic rings. The smallest absolute Gasteiger partial charge is 0.259 e. The summed E-state index contributed by atoms with van der Waals surface area (Å²) in [5.41, 5.74) is 4.26. The summed E-state index contributed by atoms with van der Waals surface area (Å²) in [6.07, 6.45) is 1.61. The first-order chi connectivity index (χ1) is 12.0. The van der Waals surface area contributed by atoms with Crippen molar-refractivity contribution in [3.8, 4) is 5.69 Å². The molecule has 5 heteroatoms. The van der Waals surface area contributed by atoms with Gasteiger partial charge in [-0.25, -0.2) is 4.68 Å². The van der Waals surface area contributed by atoms with Gasteiger partial charge >= 0.3 is 0 Å². The summed E-state index contributed by atoms with van der Waals surface area (Å²) in [5, 5.41) is 7.32. The van der Waals surface area contributed by atoms with E-state index in [4.69, 9.17) is 0 Å². The Bertz CT molecular complexity index is 868. The molecule has 0 fully saturated rings. The Morgan fingerprint density at radius 1 is 1.12 bits per heavy atom. The minimum absolute atomic E-state index is 0.151. The van der Waals surface area contributed by atoms with Crippen molar-refractivity contribution in [3.63, 3.8) is 0 Å². The summed E-state index contributed by atoms with van der Waals surface area (Å²) in [7, 11) is 4.04. The van der Waals surface area contributed by atoms with Crippen LogP contribution in [0, 0.1) is 6.92 Å². The zero-order valence-electron chi connectivity index (χ0n) is 14.7. The zero-order chi connectivity index (χ0) is 17.8. The van der Waals surface area contributed by atoms with Crippen molar-refractivity contribution in [1.82, 2.24) is 14.7 Å². The molecule has 0 unspecified atom stereocenters. The van der Waals surface area contributed by atoms with E-state index in [9.17, 15) is 4.79 Å². The molecule has 0 saturated heterocycles. The van der Waals surface area contributed by atoms with Crippen molar-refractivity contribution >= 4 is 11.6 Å². The molecule has 5 nitrogen and oxygen atoms in total. The molecule has 128 valence electrons. The van der Waals surface area contributed by atoms with Gasteiger partial charge in [0.25, 0.3) is 5.91 Å². The van der Waals surface area contributed by atoms with Crippen molar-refractivity contribution in [3.05, 3.63) is 77.6 Å². The van der Waals surface area contributed by atoms with Crippen LogP contribution < -0.4 is 5.32 Å². The maximum absolute atomic E-state index is 12.6. The van der Waals surface area contributed by atoms with E-state index in [1.54, 1.807) is 10.9 Å². The van der Waals surface area contributed by atoms with Crippen LogP contribution in [0.1, 0.15) is 21.6 Å². The molecule has 1 N–H and O–H groups in total. The maximum Gasteiger partial charge on any atom is 0.259 e. The molecular formula is C20H22N4O. The normalized spacial score (nSPS) is 10.9. The molecule has 3 rings (SSSR count). The molecule has 0 atom stereocenters. The van der Waals surface area contributed by atoms with E-state index in [2.05, 4.69) is 15.3 Å². The van der Waals surface area contributed by atoms with Gasteiger partial charge in [0.2, 0.25) is 0 Å². The minimum atomic E-state index is -0.151.